The first-order chi connectivity index (χ1) is 17.9. The lowest BCUT2D eigenvalue weighted by Gasteiger charge is -2.35. The van der Waals surface area contributed by atoms with Crippen LogP contribution in [0.15, 0.2) is 30.9 Å². The number of Topliss-reactive ketones (excluding diaryl/α,β-unsaturated/α-hetero) is 1. The number of thiazole rings is 1. The number of hydrogen-bond donors (Lipinski definition) is 2. The fourth-order valence-corrected chi connectivity index (χ4v) is 6.09. The molecular weight excluding hydrogens is 530 g/mol. The highest BCUT2D eigenvalue weighted by Crippen LogP contribution is 2.49. The van der Waals surface area contributed by atoms with Crippen LogP contribution >= 0.6 is 22.9 Å². The molecule has 3 heterocycles. The van der Waals surface area contributed by atoms with Crippen molar-refractivity contribution >= 4 is 44.9 Å². The van der Waals surface area contributed by atoms with Crippen LogP contribution in [-0.2, 0) is 23.8 Å². The fourth-order valence-electron chi connectivity index (χ4n) is 5.01. The molecule has 0 bridgehead atoms. The van der Waals surface area contributed by atoms with Crippen LogP contribution < -0.4 is 0 Å². The number of halogens is 1. The van der Waals surface area contributed by atoms with Crippen molar-refractivity contribution in [3.8, 4) is 0 Å². The lowest BCUT2D eigenvalue weighted by atomic mass is 9.72. The van der Waals surface area contributed by atoms with Crippen LogP contribution in [0.5, 0.6) is 0 Å². The number of esters is 1. The Balaban J connectivity index is 1.63. The van der Waals surface area contributed by atoms with Gasteiger partial charge in [0, 0.05) is 12.8 Å². The molecular formula is C28H36ClNO7S. The smallest absolute Gasteiger partial charge is 0.309 e. The number of allylic oxidation sites excluding steroid dienone is 1. The number of carbonyl (C=O) groups is 2. The highest BCUT2D eigenvalue weighted by Gasteiger charge is 2.56. The van der Waals surface area contributed by atoms with Crippen molar-refractivity contribution in [1.82, 2.24) is 4.98 Å². The minimum Gasteiger partial charge on any atom is -0.457 e. The van der Waals surface area contributed by atoms with Crippen molar-refractivity contribution in [2.45, 2.75) is 89.0 Å². The maximum Gasteiger partial charge on any atom is 0.309 e. The number of epoxide rings is 1. The van der Waals surface area contributed by atoms with Crippen LogP contribution in [0.25, 0.3) is 10.2 Å². The predicted molar refractivity (Wildman–Crippen MR) is 145 cm³/mol. The molecule has 0 aliphatic carbocycles. The standard InChI is InChI=1S/C28H36ClNO7S/c1-6-7-18-25(33)15(2)35-11-10-28(29)23(37-28)13-20(17-8-9-21-19(12-17)30-16(3)38-21)36-24(32)14-22(31)27(4,5)26(18)34/h6,8-9,12,15,18,20,22-23,25,31,33H,1,7,10-11,13-14H2,2-5H3/t15-,18+,20-,22-,23-,25+,28+/m0/s1. The minimum atomic E-state index is -1.33. The van der Waals surface area contributed by atoms with E-state index in [1.54, 1.807) is 38.2 Å². The molecule has 8 nitrogen and oxygen atoms in total. The van der Waals surface area contributed by atoms with Crippen LogP contribution in [0.4, 0.5) is 0 Å². The van der Waals surface area contributed by atoms with Gasteiger partial charge in [-0.1, -0.05) is 37.6 Å². The van der Waals surface area contributed by atoms with E-state index in [0.717, 1.165) is 20.8 Å². The van der Waals surface area contributed by atoms with Crippen molar-refractivity contribution in [2.24, 2.45) is 11.3 Å². The highest BCUT2D eigenvalue weighted by atomic mass is 35.5. The summed E-state index contributed by atoms with van der Waals surface area (Å²) in [5, 5.41) is 21.9. The predicted octanol–water partition coefficient (Wildman–Crippen LogP) is 4.62. The molecule has 2 N–H and O–H groups in total. The molecule has 0 spiro atoms. The number of carbonyl (C=O) groups excluding carboxylic acids is 2. The molecule has 10 heteroatoms. The Hall–Kier alpha value is -1.88. The molecule has 2 saturated heterocycles. The van der Waals surface area contributed by atoms with Crippen LogP contribution in [-0.4, -0.2) is 63.0 Å². The van der Waals surface area contributed by atoms with E-state index < -0.39 is 53.2 Å². The highest BCUT2D eigenvalue weighted by molar-refractivity contribution is 7.18. The van der Waals surface area contributed by atoms with Crippen molar-refractivity contribution < 1.29 is 34.0 Å². The number of hydrogen-bond acceptors (Lipinski definition) is 9. The van der Waals surface area contributed by atoms with Gasteiger partial charge in [-0.25, -0.2) is 4.98 Å². The van der Waals surface area contributed by atoms with E-state index in [1.807, 2.05) is 25.1 Å². The van der Waals surface area contributed by atoms with Gasteiger partial charge in [-0.2, -0.15) is 0 Å². The third kappa shape index (κ3) is 6.13. The number of nitrogens with zero attached hydrogens (tertiary/aromatic N) is 1. The summed E-state index contributed by atoms with van der Waals surface area (Å²) in [6.45, 7) is 10.7. The van der Waals surface area contributed by atoms with Crippen molar-refractivity contribution in [1.29, 1.82) is 0 Å². The van der Waals surface area contributed by atoms with E-state index >= 15 is 0 Å². The van der Waals surface area contributed by atoms with Crippen LogP contribution in [0.2, 0.25) is 0 Å². The maximum atomic E-state index is 13.5. The number of aliphatic hydroxyl groups excluding tert-OH is 2. The lowest BCUT2D eigenvalue weighted by molar-refractivity contribution is -0.157. The molecule has 2 fully saturated rings. The number of ether oxygens (including phenoxy) is 3. The zero-order valence-electron chi connectivity index (χ0n) is 22.2. The average Bonchev–Trinajstić information content (AvgIpc) is 3.32. The first-order valence-corrected chi connectivity index (χ1v) is 14.1. The largest absolute Gasteiger partial charge is 0.457 e. The molecule has 4 rings (SSSR count). The number of aliphatic hydroxyl groups is 2. The average molecular weight is 566 g/mol. The zero-order chi connectivity index (χ0) is 27.8. The number of rotatable bonds is 3. The normalized spacial score (nSPS) is 34.9. The third-order valence-corrected chi connectivity index (χ3v) is 9.13. The van der Waals surface area contributed by atoms with Crippen molar-refractivity contribution in [2.75, 3.05) is 6.61 Å². The van der Waals surface area contributed by atoms with Gasteiger partial charge in [-0.15, -0.1) is 17.9 Å². The second-order valence-electron chi connectivity index (χ2n) is 10.8. The number of ketones is 1. The topological polar surface area (TPSA) is 118 Å². The quantitative estimate of drug-likeness (QED) is 0.239. The van der Waals surface area contributed by atoms with Gasteiger partial charge in [0.15, 0.2) is 5.06 Å². The fraction of sp³-hybridized carbons (Fsp3) is 0.607. The lowest BCUT2D eigenvalue weighted by Crippen LogP contribution is -2.48. The third-order valence-electron chi connectivity index (χ3n) is 7.66. The molecule has 1 aromatic heterocycles. The minimum absolute atomic E-state index is 0.194. The van der Waals surface area contributed by atoms with Gasteiger partial charge in [0.1, 0.15) is 18.0 Å². The summed E-state index contributed by atoms with van der Waals surface area (Å²) in [6, 6.07) is 5.73. The molecule has 208 valence electrons. The van der Waals surface area contributed by atoms with Crippen LogP contribution in [0, 0.1) is 18.3 Å². The molecule has 0 amide bonds. The van der Waals surface area contributed by atoms with Crippen molar-refractivity contribution in [3.05, 3.63) is 41.4 Å². The Labute approximate surface area is 231 Å². The molecule has 2 aliphatic rings. The molecule has 38 heavy (non-hydrogen) atoms. The van der Waals surface area contributed by atoms with Crippen LogP contribution in [0.3, 0.4) is 0 Å². The van der Waals surface area contributed by atoms with Crippen molar-refractivity contribution in [3.63, 3.8) is 0 Å². The van der Waals surface area contributed by atoms with Gasteiger partial charge in [0.2, 0.25) is 0 Å². The van der Waals surface area contributed by atoms with Gasteiger partial charge >= 0.3 is 5.97 Å². The van der Waals surface area contributed by atoms with Gasteiger partial charge in [0.05, 0.1) is 57.9 Å². The number of aryl methyl sites for hydroxylation is 1. The van der Waals surface area contributed by atoms with Gasteiger partial charge < -0.3 is 24.4 Å². The van der Waals surface area contributed by atoms with E-state index in [-0.39, 0.29) is 24.9 Å². The molecule has 0 unspecified atom stereocenters. The molecule has 1 aromatic carbocycles. The summed E-state index contributed by atoms with van der Waals surface area (Å²) in [5.41, 5.74) is 0.223. The summed E-state index contributed by atoms with van der Waals surface area (Å²) in [4.78, 5) is 31.2. The van der Waals surface area contributed by atoms with E-state index in [9.17, 15) is 19.8 Å². The monoisotopic (exact) mass is 565 g/mol. The Morgan fingerprint density at radius 1 is 1.29 bits per heavy atom. The first-order valence-electron chi connectivity index (χ1n) is 12.9. The van der Waals surface area contributed by atoms with Crippen LogP contribution in [0.1, 0.15) is 63.1 Å². The molecule has 7 atom stereocenters. The summed E-state index contributed by atoms with van der Waals surface area (Å²) < 4.78 is 18.6. The second kappa shape index (κ2) is 11.3. The molecule has 2 aliphatic heterocycles. The summed E-state index contributed by atoms with van der Waals surface area (Å²) in [5.74, 6) is -1.90. The summed E-state index contributed by atoms with van der Waals surface area (Å²) >= 11 is 8.26. The molecule has 2 aromatic rings. The Morgan fingerprint density at radius 2 is 2.03 bits per heavy atom. The van der Waals surface area contributed by atoms with Gasteiger partial charge in [-0.3, -0.25) is 9.59 Å². The van der Waals surface area contributed by atoms with E-state index in [1.165, 1.54) is 0 Å². The maximum absolute atomic E-state index is 13.5. The number of benzene rings is 1. The Kier molecular flexibility index (Phi) is 8.67. The second-order valence-corrected chi connectivity index (χ2v) is 12.7. The molecule has 0 saturated carbocycles. The van der Waals surface area contributed by atoms with Gasteiger partial charge in [-0.05, 0) is 38.0 Å². The first kappa shape index (κ1) is 29.1. The Bertz CT molecular complexity index is 1200. The SMILES string of the molecule is C=CC[C@H]1C(=O)C(C)(C)[C@@H](O)CC(=O)O[C@H](c2ccc3sc(C)nc3c2)C[C@@H]2O[C@]2(Cl)CCO[C@@H](C)[C@H]1O. The number of alkyl halides is 1. The van der Waals surface area contributed by atoms with E-state index in [4.69, 9.17) is 25.8 Å². The number of fused-ring (bicyclic) bond motifs is 2. The Morgan fingerprint density at radius 3 is 2.74 bits per heavy atom. The summed E-state index contributed by atoms with van der Waals surface area (Å²) in [6.07, 6.45) is -2.21. The summed E-state index contributed by atoms with van der Waals surface area (Å²) in [7, 11) is 0. The zero-order valence-corrected chi connectivity index (χ0v) is 23.8. The van der Waals surface area contributed by atoms with Gasteiger partial charge in [0.25, 0.3) is 0 Å². The van der Waals surface area contributed by atoms with E-state index in [2.05, 4.69) is 11.6 Å². The number of cyclic esters (lactones) is 1. The van der Waals surface area contributed by atoms with E-state index in [0.29, 0.717) is 12.8 Å². The number of aromatic nitrogens is 1. The molecule has 0 radical (unpaired) electrons.